The zero-order valence-electron chi connectivity index (χ0n) is 10.3. The summed E-state index contributed by atoms with van der Waals surface area (Å²) in [4.78, 5) is 15.1. The molecular formula is C13H17N3O. The van der Waals surface area contributed by atoms with Gasteiger partial charge in [-0.2, -0.15) is 5.10 Å². The monoisotopic (exact) mass is 231 g/mol. The van der Waals surface area contributed by atoms with Crippen LogP contribution in [0.15, 0.2) is 4.79 Å². The summed E-state index contributed by atoms with van der Waals surface area (Å²) in [5.41, 5.74) is 4.21. The maximum Gasteiger partial charge on any atom is 0.253 e. The number of pyridine rings is 1. The van der Waals surface area contributed by atoms with Crippen molar-refractivity contribution in [2.45, 2.75) is 39.0 Å². The molecule has 0 amide bonds. The van der Waals surface area contributed by atoms with Gasteiger partial charge in [-0.05, 0) is 38.2 Å². The highest BCUT2D eigenvalue weighted by molar-refractivity contribution is 5.83. The number of aromatic amines is 1. The van der Waals surface area contributed by atoms with E-state index in [4.69, 9.17) is 0 Å². The first-order valence-electron chi connectivity index (χ1n) is 6.26. The second kappa shape index (κ2) is 3.72. The fraction of sp³-hybridized carbons (Fsp3) is 0.538. The molecule has 0 aromatic carbocycles. The van der Waals surface area contributed by atoms with Crippen molar-refractivity contribution in [1.82, 2.24) is 14.8 Å². The number of rotatable bonds is 0. The molecule has 4 nitrogen and oxygen atoms in total. The van der Waals surface area contributed by atoms with Crippen LogP contribution in [0.1, 0.15) is 36.1 Å². The van der Waals surface area contributed by atoms with Gasteiger partial charge in [0.05, 0.1) is 5.69 Å². The normalized spacial score (nSPS) is 15.9. The van der Waals surface area contributed by atoms with Crippen molar-refractivity contribution in [3.63, 3.8) is 0 Å². The summed E-state index contributed by atoms with van der Waals surface area (Å²) in [6.45, 7) is 2.02. The van der Waals surface area contributed by atoms with Gasteiger partial charge in [0.25, 0.3) is 5.56 Å². The highest BCUT2D eigenvalue weighted by Gasteiger charge is 2.18. The van der Waals surface area contributed by atoms with Gasteiger partial charge in [0.2, 0.25) is 0 Å². The van der Waals surface area contributed by atoms with E-state index in [2.05, 4.69) is 10.1 Å². The fourth-order valence-electron chi connectivity index (χ4n) is 2.95. The number of H-pyrrole nitrogens is 1. The van der Waals surface area contributed by atoms with Crippen molar-refractivity contribution in [2.75, 3.05) is 0 Å². The maximum atomic E-state index is 12.1. The number of hydrogen-bond acceptors (Lipinski definition) is 2. The van der Waals surface area contributed by atoms with E-state index in [1.807, 2.05) is 14.0 Å². The van der Waals surface area contributed by atoms with Gasteiger partial charge >= 0.3 is 0 Å². The molecule has 0 unspecified atom stereocenters. The van der Waals surface area contributed by atoms with Crippen LogP contribution in [-0.4, -0.2) is 14.8 Å². The molecule has 2 aromatic heterocycles. The van der Waals surface area contributed by atoms with E-state index in [0.29, 0.717) is 0 Å². The lowest BCUT2D eigenvalue weighted by atomic mass is 10.0. The van der Waals surface area contributed by atoms with Gasteiger partial charge in [0.1, 0.15) is 5.65 Å². The first-order valence-corrected chi connectivity index (χ1v) is 6.26. The van der Waals surface area contributed by atoms with Crippen molar-refractivity contribution in [2.24, 2.45) is 7.05 Å². The molecule has 1 aliphatic carbocycles. The summed E-state index contributed by atoms with van der Waals surface area (Å²) < 4.78 is 1.78. The van der Waals surface area contributed by atoms with E-state index in [-0.39, 0.29) is 5.56 Å². The molecule has 0 fully saturated rings. The first kappa shape index (κ1) is 10.6. The van der Waals surface area contributed by atoms with Crippen LogP contribution in [0.2, 0.25) is 0 Å². The van der Waals surface area contributed by atoms with Gasteiger partial charge in [-0.1, -0.05) is 6.42 Å². The lowest BCUT2D eigenvalue weighted by Crippen LogP contribution is -2.16. The fourth-order valence-corrected chi connectivity index (χ4v) is 2.95. The highest BCUT2D eigenvalue weighted by atomic mass is 16.1. The molecule has 0 atom stereocenters. The Morgan fingerprint density at radius 1 is 1.18 bits per heavy atom. The zero-order valence-corrected chi connectivity index (χ0v) is 10.3. The van der Waals surface area contributed by atoms with Crippen LogP contribution in [0, 0.1) is 6.92 Å². The quantitative estimate of drug-likeness (QED) is 0.703. The zero-order chi connectivity index (χ0) is 12.0. The molecule has 4 heteroatoms. The lowest BCUT2D eigenvalue weighted by Gasteiger charge is -2.06. The van der Waals surface area contributed by atoms with Gasteiger partial charge in [-0.3, -0.25) is 9.48 Å². The maximum absolute atomic E-state index is 12.1. The Balaban J connectivity index is 2.43. The van der Waals surface area contributed by atoms with Crippen molar-refractivity contribution < 1.29 is 0 Å². The number of nitrogens with one attached hydrogen (secondary N) is 1. The lowest BCUT2D eigenvalue weighted by molar-refractivity contribution is 0.711. The standard InChI is InChI=1S/C13H17N3O/c1-8-11-9-6-4-3-5-7-10(9)13(17)14-12(11)16(2)15-8/h3-7H2,1-2H3,(H,14,17). The number of fused-ring (bicyclic) bond motifs is 3. The highest BCUT2D eigenvalue weighted by Crippen LogP contribution is 2.26. The second-order valence-corrected chi connectivity index (χ2v) is 4.90. The molecule has 3 rings (SSSR count). The van der Waals surface area contributed by atoms with Crippen molar-refractivity contribution in [1.29, 1.82) is 0 Å². The second-order valence-electron chi connectivity index (χ2n) is 4.90. The summed E-state index contributed by atoms with van der Waals surface area (Å²) in [5, 5.41) is 5.59. The van der Waals surface area contributed by atoms with Crippen LogP contribution in [0.25, 0.3) is 11.0 Å². The molecule has 0 spiro atoms. The van der Waals surface area contributed by atoms with E-state index in [0.717, 1.165) is 36.2 Å². The molecule has 2 aromatic rings. The third kappa shape index (κ3) is 1.51. The number of aromatic nitrogens is 3. The van der Waals surface area contributed by atoms with Crippen LogP contribution in [0.5, 0.6) is 0 Å². The molecule has 0 saturated heterocycles. The van der Waals surface area contributed by atoms with Gasteiger partial charge in [-0.25, -0.2) is 0 Å². The molecule has 90 valence electrons. The average molecular weight is 231 g/mol. The van der Waals surface area contributed by atoms with E-state index in [1.165, 1.54) is 23.8 Å². The van der Waals surface area contributed by atoms with Crippen LogP contribution in [0.4, 0.5) is 0 Å². The molecule has 0 saturated carbocycles. The first-order chi connectivity index (χ1) is 8.18. The number of hydrogen-bond donors (Lipinski definition) is 1. The van der Waals surface area contributed by atoms with E-state index >= 15 is 0 Å². The largest absolute Gasteiger partial charge is 0.307 e. The van der Waals surface area contributed by atoms with E-state index < -0.39 is 0 Å². The van der Waals surface area contributed by atoms with Gasteiger partial charge in [-0.15, -0.1) is 0 Å². The van der Waals surface area contributed by atoms with E-state index in [1.54, 1.807) is 4.68 Å². The van der Waals surface area contributed by atoms with Crippen LogP contribution in [0.3, 0.4) is 0 Å². The van der Waals surface area contributed by atoms with Gasteiger partial charge in [0.15, 0.2) is 0 Å². The third-order valence-corrected chi connectivity index (χ3v) is 3.75. The van der Waals surface area contributed by atoms with Gasteiger partial charge < -0.3 is 4.98 Å². The summed E-state index contributed by atoms with van der Waals surface area (Å²) >= 11 is 0. The Morgan fingerprint density at radius 3 is 2.65 bits per heavy atom. The number of aryl methyl sites for hydroxylation is 3. The molecule has 1 N–H and O–H groups in total. The molecule has 1 aliphatic rings. The minimum atomic E-state index is 0.0809. The predicted molar refractivity (Wildman–Crippen MR) is 67.3 cm³/mol. The SMILES string of the molecule is Cc1nn(C)c2[nH]c(=O)c3c(c12)CCCCC3. The van der Waals surface area contributed by atoms with Crippen LogP contribution in [-0.2, 0) is 19.9 Å². The topological polar surface area (TPSA) is 50.7 Å². The third-order valence-electron chi connectivity index (χ3n) is 3.75. The van der Waals surface area contributed by atoms with Crippen LogP contribution >= 0.6 is 0 Å². The molecule has 17 heavy (non-hydrogen) atoms. The minimum absolute atomic E-state index is 0.0809. The molecule has 2 heterocycles. The molecular weight excluding hydrogens is 214 g/mol. The summed E-state index contributed by atoms with van der Waals surface area (Å²) in [5.74, 6) is 0. The van der Waals surface area contributed by atoms with E-state index in [9.17, 15) is 4.79 Å². The average Bonchev–Trinajstić information content (AvgIpc) is 2.52. The van der Waals surface area contributed by atoms with Crippen LogP contribution < -0.4 is 5.56 Å². The Bertz CT molecular complexity index is 636. The van der Waals surface area contributed by atoms with Gasteiger partial charge in [0, 0.05) is 18.0 Å². The van der Waals surface area contributed by atoms with Crippen molar-refractivity contribution in [3.05, 3.63) is 27.2 Å². The molecule has 0 bridgehead atoms. The molecule has 0 aliphatic heterocycles. The summed E-state index contributed by atoms with van der Waals surface area (Å²) in [6.07, 6.45) is 5.45. The smallest absolute Gasteiger partial charge is 0.253 e. The Kier molecular flexibility index (Phi) is 2.31. The Hall–Kier alpha value is -1.58. The minimum Gasteiger partial charge on any atom is -0.307 e. The Labute approximate surface area is 99.7 Å². The van der Waals surface area contributed by atoms with Crippen molar-refractivity contribution >= 4 is 11.0 Å². The predicted octanol–water partition coefficient (Wildman–Crippen LogP) is 1.84. The summed E-state index contributed by atoms with van der Waals surface area (Å²) in [7, 11) is 1.88. The summed E-state index contributed by atoms with van der Waals surface area (Å²) in [6, 6.07) is 0. The van der Waals surface area contributed by atoms with Crippen molar-refractivity contribution in [3.8, 4) is 0 Å². The molecule has 0 radical (unpaired) electrons. The number of nitrogens with zero attached hydrogens (tertiary/aromatic N) is 2. The Morgan fingerprint density at radius 2 is 1.88 bits per heavy atom.